The maximum atomic E-state index is 5.37. The van der Waals surface area contributed by atoms with Crippen LogP contribution in [0.25, 0.3) is 88.1 Å². The van der Waals surface area contributed by atoms with E-state index in [9.17, 15) is 0 Å². The zero-order valence-corrected chi connectivity index (χ0v) is 34.2. The molecule has 0 saturated carbocycles. The Morgan fingerprint density at radius 2 is 0.887 bits per heavy atom. The number of nitrogens with zero attached hydrogens (tertiary/aromatic N) is 2. The number of aromatic nitrogens is 1. The molecule has 0 saturated heterocycles. The molecule has 0 N–H and O–H groups in total. The maximum absolute atomic E-state index is 5.37. The van der Waals surface area contributed by atoms with Crippen LogP contribution in [0, 0.1) is 0 Å². The van der Waals surface area contributed by atoms with Crippen molar-refractivity contribution in [3.8, 4) is 44.6 Å². The number of fused-ring (bicyclic) bond motifs is 7. The molecule has 0 atom stereocenters. The third-order valence-corrected chi connectivity index (χ3v) is 12.2. The lowest BCUT2D eigenvalue weighted by Gasteiger charge is -2.26. The van der Waals surface area contributed by atoms with E-state index >= 15 is 0 Å². The first kappa shape index (κ1) is 37.0. The predicted molar refractivity (Wildman–Crippen MR) is 265 cm³/mol. The van der Waals surface area contributed by atoms with E-state index in [-0.39, 0.29) is 0 Å². The number of rotatable bonds is 6. The van der Waals surface area contributed by atoms with Crippen LogP contribution >= 0.6 is 0 Å². The highest BCUT2D eigenvalue weighted by molar-refractivity contribution is 6.25. The van der Waals surface area contributed by atoms with Crippen LogP contribution in [0.5, 0.6) is 0 Å². The van der Waals surface area contributed by atoms with Crippen LogP contribution in [-0.4, -0.2) is 11.5 Å². The van der Waals surface area contributed by atoms with Gasteiger partial charge in [0.05, 0.1) is 11.4 Å². The molecule has 11 rings (SSSR count). The smallest absolute Gasteiger partial charge is 0.133 e. The van der Waals surface area contributed by atoms with Gasteiger partial charge >= 0.3 is 0 Å². The largest absolute Gasteiger partial charge is 0.322 e. The van der Waals surface area contributed by atoms with Gasteiger partial charge in [-0.25, -0.2) is 4.98 Å². The Morgan fingerprint density at radius 1 is 0.387 bits per heavy atom. The van der Waals surface area contributed by atoms with Crippen LogP contribution in [0.15, 0.2) is 237 Å². The van der Waals surface area contributed by atoms with Crippen LogP contribution in [0.3, 0.4) is 0 Å². The fourth-order valence-electron chi connectivity index (χ4n) is 9.12. The van der Waals surface area contributed by atoms with Crippen molar-refractivity contribution >= 4 is 55.0 Å². The Hall–Kier alpha value is -8.07. The molecule has 1 aliphatic rings. The van der Waals surface area contributed by atoms with Gasteiger partial charge in [0, 0.05) is 17.7 Å². The van der Waals surface area contributed by atoms with Crippen LogP contribution in [0.1, 0.15) is 11.1 Å². The quantitative estimate of drug-likeness (QED) is 0.156. The molecule has 9 aromatic carbocycles. The minimum absolute atomic E-state index is 0.638. The van der Waals surface area contributed by atoms with Gasteiger partial charge in [0.1, 0.15) is 5.82 Å². The number of allylic oxidation sites excluding steroid dienone is 4. The number of hydrogen-bond acceptors (Lipinski definition) is 2. The first-order chi connectivity index (χ1) is 30.6. The Bertz CT molecular complexity index is 3360. The summed E-state index contributed by atoms with van der Waals surface area (Å²) in [6.07, 6.45) is 6.65. The van der Waals surface area contributed by atoms with E-state index in [1.165, 1.54) is 49.0 Å². The average molecular weight is 791 g/mol. The Labute approximate surface area is 362 Å². The highest BCUT2D eigenvalue weighted by Crippen LogP contribution is 2.40. The molecule has 0 aliphatic carbocycles. The minimum atomic E-state index is 0.638. The zero-order valence-electron chi connectivity index (χ0n) is 34.2. The molecule has 62 heavy (non-hydrogen) atoms. The summed E-state index contributed by atoms with van der Waals surface area (Å²) < 4.78 is 0. The number of hydrogen-bond donors (Lipinski definition) is 0. The second-order valence-electron chi connectivity index (χ2n) is 16.0. The number of anilines is 2. The summed E-state index contributed by atoms with van der Waals surface area (Å²) >= 11 is 0. The van der Waals surface area contributed by atoms with E-state index < -0.39 is 0 Å². The lowest BCUT2D eigenvalue weighted by molar-refractivity contribution is 1.05. The number of benzene rings is 9. The van der Waals surface area contributed by atoms with Gasteiger partial charge in [0.15, 0.2) is 0 Å². The molecule has 292 valence electrons. The lowest BCUT2D eigenvalue weighted by Crippen LogP contribution is -2.19. The van der Waals surface area contributed by atoms with Gasteiger partial charge in [-0.3, -0.25) is 0 Å². The molecule has 0 spiro atoms. The summed E-state index contributed by atoms with van der Waals surface area (Å²) in [4.78, 5) is 7.68. The highest BCUT2D eigenvalue weighted by Gasteiger charge is 2.19. The van der Waals surface area contributed by atoms with Gasteiger partial charge in [-0.15, -0.1) is 0 Å². The highest BCUT2D eigenvalue weighted by atomic mass is 15.2. The first-order valence-electron chi connectivity index (χ1n) is 21.3. The fraction of sp³-hybridized carbons (Fsp3) is 0.0167. The van der Waals surface area contributed by atoms with Crippen LogP contribution in [0.2, 0.25) is 0 Å². The molecule has 2 heterocycles. The van der Waals surface area contributed by atoms with Crippen molar-refractivity contribution in [2.24, 2.45) is 0 Å². The topological polar surface area (TPSA) is 16.1 Å². The molecule has 0 radical (unpaired) electrons. The molecule has 0 amide bonds. The van der Waals surface area contributed by atoms with Crippen molar-refractivity contribution < 1.29 is 0 Å². The minimum Gasteiger partial charge on any atom is -0.322 e. The summed E-state index contributed by atoms with van der Waals surface area (Å²) in [5.41, 5.74) is 14.4. The van der Waals surface area contributed by atoms with Crippen LogP contribution in [0.4, 0.5) is 11.5 Å². The third kappa shape index (κ3) is 6.88. The standard InChI is InChI=1S/C60H42N2/c1-41-36-44(42-16-4-2-5-17-42)24-15-35-62(59-34-32-48(39-56(41)59)43-18-6-3-7-19-43)60-30-14-29-58(61-60)50-23-13-22-47(38-50)45-20-12-21-46(37-45)49-31-33-55-53-27-9-8-25-51(53)52-26-10-11-28-54(52)57(55)40-49/h2-34,36-40H,1,35H2/b24-15-,44-36+. The summed E-state index contributed by atoms with van der Waals surface area (Å²) in [5.74, 6) is 0.876. The number of pyridine rings is 1. The SMILES string of the molecule is C=C1/C=C(c2ccccc2)\C=C/CN(c2cccc(-c3cccc(-c4cccc(-c5ccc6c7ccccc7c7ccccc7c6c5)c4)c3)n2)c2ccc(-c3ccccc3)cc21. The maximum Gasteiger partial charge on any atom is 0.133 e. The van der Waals surface area contributed by atoms with Gasteiger partial charge in [0.2, 0.25) is 0 Å². The van der Waals surface area contributed by atoms with E-state index in [1.54, 1.807) is 0 Å². The molecule has 1 aliphatic heterocycles. The van der Waals surface area contributed by atoms with E-state index in [0.29, 0.717) is 6.54 Å². The molecule has 2 heteroatoms. The van der Waals surface area contributed by atoms with Crippen molar-refractivity contribution in [2.45, 2.75) is 0 Å². The summed E-state index contributed by atoms with van der Waals surface area (Å²) in [7, 11) is 0. The van der Waals surface area contributed by atoms with E-state index in [0.717, 1.165) is 61.7 Å². The fourth-order valence-corrected chi connectivity index (χ4v) is 9.12. The summed E-state index contributed by atoms with van der Waals surface area (Å²) in [5, 5.41) is 7.71. The second-order valence-corrected chi connectivity index (χ2v) is 16.0. The normalized spacial score (nSPS) is 14.2. The predicted octanol–water partition coefficient (Wildman–Crippen LogP) is 16.0. The molecule has 0 fully saturated rings. The monoisotopic (exact) mass is 790 g/mol. The van der Waals surface area contributed by atoms with Gasteiger partial charge in [-0.1, -0.05) is 189 Å². The molecule has 10 aromatic rings. The Morgan fingerprint density at radius 3 is 1.56 bits per heavy atom. The molecule has 1 aromatic heterocycles. The van der Waals surface area contributed by atoms with Gasteiger partial charge < -0.3 is 4.90 Å². The third-order valence-electron chi connectivity index (χ3n) is 12.2. The molecule has 0 unspecified atom stereocenters. The van der Waals surface area contributed by atoms with Crippen LogP contribution in [-0.2, 0) is 0 Å². The molecular formula is C60H42N2. The summed E-state index contributed by atoms with van der Waals surface area (Å²) in [6, 6.07) is 76.3. The van der Waals surface area contributed by atoms with Gasteiger partial charge in [-0.05, 0) is 131 Å². The lowest BCUT2D eigenvalue weighted by atomic mass is 9.91. The first-order valence-corrected chi connectivity index (χ1v) is 21.3. The van der Waals surface area contributed by atoms with Gasteiger partial charge in [0.25, 0.3) is 0 Å². The van der Waals surface area contributed by atoms with Crippen molar-refractivity contribution in [2.75, 3.05) is 11.4 Å². The average Bonchev–Trinajstić information content (AvgIpc) is 3.42. The Kier molecular flexibility index (Phi) is 9.44. The van der Waals surface area contributed by atoms with Crippen molar-refractivity contribution in [1.29, 1.82) is 0 Å². The van der Waals surface area contributed by atoms with E-state index in [4.69, 9.17) is 4.98 Å². The van der Waals surface area contributed by atoms with Crippen molar-refractivity contribution in [3.63, 3.8) is 0 Å². The van der Waals surface area contributed by atoms with E-state index in [2.05, 4.69) is 242 Å². The van der Waals surface area contributed by atoms with Crippen molar-refractivity contribution in [3.05, 3.63) is 248 Å². The molecule has 0 bridgehead atoms. The van der Waals surface area contributed by atoms with Crippen LogP contribution < -0.4 is 4.90 Å². The molecular weight excluding hydrogens is 749 g/mol. The zero-order chi connectivity index (χ0) is 41.4. The van der Waals surface area contributed by atoms with Crippen molar-refractivity contribution in [1.82, 2.24) is 4.98 Å². The second kappa shape index (κ2) is 15.8. The molecule has 2 nitrogen and oxygen atoms in total. The van der Waals surface area contributed by atoms with E-state index in [1.807, 2.05) is 0 Å². The Balaban J connectivity index is 0.953. The van der Waals surface area contributed by atoms with Gasteiger partial charge in [-0.2, -0.15) is 0 Å². The summed E-state index contributed by atoms with van der Waals surface area (Å²) in [6.45, 7) is 5.28.